The summed E-state index contributed by atoms with van der Waals surface area (Å²) in [7, 11) is -3.64. The maximum atomic E-state index is 13.1. The first-order valence-corrected chi connectivity index (χ1v) is 14.0. The minimum Gasteiger partial charge on any atom is -0.325 e. The molecular formula is C25H24Cl2N2O3S2. The molecule has 4 rings (SSSR count). The highest BCUT2D eigenvalue weighted by Crippen LogP contribution is 2.34. The van der Waals surface area contributed by atoms with Gasteiger partial charge in [0.05, 0.1) is 17.4 Å². The predicted octanol–water partition coefficient (Wildman–Crippen LogP) is 6.33. The van der Waals surface area contributed by atoms with Crippen LogP contribution in [0.4, 0.5) is 5.69 Å². The number of piperidine rings is 1. The van der Waals surface area contributed by atoms with E-state index in [-0.39, 0.29) is 18.2 Å². The molecule has 0 bridgehead atoms. The summed E-state index contributed by atoms with van der Waals surface area (Å²) in [5, 5.41) is 3.79. The first kappa shape index (κ1) is 25.1. The molecule has 3 aromatic carbocycles. The summed E-state index contributed by atoms with van der Waals surface area (Å²) < 4.78 is 27.5. The molecule has 0 unspecified atom stereocenters. The van der Waals surface area contributed by atoms with E-state index in [1.807, 2.05) is 54.6 Å². The number of hydrogen-bond donors (Lipinski definition) is 1. The fourth-order valence-electron chi connectivity index (χ4n) is 3.84. The van der Waals surface area contributed by atoms with Crippen molar-refractivity contribution < 1.29 is 13.2 Å². The van der Waals surface area contributed by atoms with Crippen LogP contribution in [0.15, 0.2) is 82.6 Å². The molecule has 3 aromatic rings. The number of hydrogen-bond acceptors (Lipinski definition) is 4. The number of anilines is 1. The molecule has 0 saturated carbocycles. The zero-order valence-electron chi connectivity index (χ0n) is 18.3. The van der Waals surface area contributed by atoms with E-state index in [9.17, 15) is 13.2 Å². The van der Waals surface area contributed by atoms with Gasteiger partial charge in [0.25, 0.3) is 0 Å². The van der Waals surface area contributed by atoms with E-state index in [4.69, 9.17) is 23.2 Å². The molecule has 0 spiro atoms. The lowest BCUT2D eigenvalue weighted by Gasteiger charge is -2.31. The van der Waals surface area contributed by atoms with E-state index in [1.165, 1.54) is 10.4 Å². The van der Waals surface area contributed by atoms with Crippen molar-refractivity contribution in [1.82, 2.24) is 4.31 Å². The van der Waals surface area contributed by atoms with E-state index in [1.54, 1.807) is 23.9 Å². The number of amides is 1. The fourth-order valence-corrected chi connectivity index (χ4v) is 6.96. The van der Waals surface area contributed by atoms with Gasteiger partial charge in [0.15, 0.2) is 0 Å². The second-order valence-corrected chi connectivity index (χ2v) is 12.0. The molecule has 1 saturated heterocycles. The van der Waals surface area contributed by atoms with Gasteiger partial charge in [-0.2, -0.15) is 0 Å². The Balaban J connectivity index is 1.44. The van der Waals surface area contributed by atoms with Crippen LogP contribution < -0.4 is 5.32 Å². The Morgan fingerprint density at radius 1 is 1.03 bits per heavy atom. The van der Waals surface area contributed by atoms with Crippen molar-refractivity contribution in [3.63, 3.8) is 0 Å². The SMILES string of the molecule is O=C(Nc1ccccc1Sc1ccccc1)[C@@H]1CCCN(S(=O)(=O)Cc2ccc(Cl)cc2Cl)C1. The van der Waals surface area contributed by atoms with Crippen LogP contribution in [0.2, 0.25) is 10.0 Å². The van der Waals surface area contributed by atoms with Crippen molar-refractivity contribution in [3.05, 3.63) is 88.4 Å². The van der Waals surface area contributed by atoms with Crippen LogP contribution in [0.25, 0.3) is 0 Å². The van der Waals surface area contributed by atoms with Crippen LogP contribution >= 0.6 is 35.0 Å². The summed E-state index contributed by atoms with van der Waals surface area (Å²) in [5.74, 6) is -0.835. The minimum atomic E-state index is -3.64. The number of halogens is 2. The summed E-state index contributed by atoms with van der Waals surface area (Å²) in [6, 6.07) is 22.3. The molecule has 0 radical (unpaired) electrons. The zero-order valence-corrected chi connectivity index (χ0v) is 21.4. The van der Waals surface area contributed by atoms with E-state index in [2.05, 4.69) is 5.32 Å². The maximum Gasteiger partial charge on any atom is 0.228 e. The minimum absolute atomic E-state index is 0.146. The third-order valence-corrected chi connectivity index (χ3v) is 9.08. The summed E-state index contributed by atoms with van der Waals surface area (Å²) >= 11 is 13.7. The van der Waals surface area contributed by atoms with Gasteiger partial charge in [-0.15, -0.1) is 0 Å². The van der Waals surface area contributed by atoms with Crippen LogP contribution in [0, 0.1) is 5.92 Å². The Morgan fingerprint density at radius 2 is 1.76 bits per heavy atom. The van der Waals surface area contributed by atoms with Crippen molar-refractivity contribution in [2.75, 3.05) is 18.4 Å². The number of nitrogens with zero attached hydrogens (tertiary/aromatic N) is 1. The van der Waals surface area contributed by atoms with Crippen LogP contribution in [0.1, 0.15) is 18.4 Å². The molecule has 5 nitrogen and oxygen atoms in total. The molecule has 1 aliphatic heterocycles. The Labute approximate surface area is 214 Å². The van der Waals surface area contributed by atoms with Crippen molar-refractivity contribution in [1.29, 1.82) is 0 Å². The summed E-state index contributed by atoms with van der Waals surface area (Å²) in [5.41, 5.74) is 1.21. The number of carbonyl (C=O) groups excluding carboxylic acids is 1. The summed E-state index contributed by atoms with van der Waals surface area (Å²) in [6.07, 6.45) is 1.25. The molecule has 1 N–H and O–H groups in total. The number of nitrogens with one attached hydrogen (secondary N) is 1. The average Bonchev–Trinajstić information content (AvgIpc) is 2.83. The lowest BCUT2D eigenvalue weighted by Crippen LogP contribution is -2.44. The monoisotopic (exact) mass is 534 g/mol. The largest absolute Gasteiger partial charge is 0.325 e. The van der Waals surface area contributed by atoms with Crippen LogP contribution in [0.5, 0.6) is 0 Å². The third-order valence-electron chi connectivity index (χ3n) is 5.62. The van der Waals surface area contributed by atoms with Gasteiger partial charge in [-0.3, -0.25) is 4.79 Å². The van der Waals surface area contributed by atoms with E-state index >= 15 is 0 Å². The number of rotatable bonds is 7. The van der Waals surface area contributed by atoms with Gasteiger partial charge in [0, 0.05) is 32.9 Å². The van der Waals surface area contributed by atoms with Crippen LogP contribution in [0.3, 0.4) is 0 Å². The maximum absolute atomic E-state index is 13.1. The Morgan fingerprint density at radius 3 is 2.53 bits per heavy atom. The molecule has 1 atom stereocenters. The second kappa shape index (κ2) is 11.1. The number of carbonyl (C=O) groups is 1. The van der Waals surface area contributed by atoms with E-state index in [0.29, 0.717) is 40.7 Å². The highest BCUT2D eigenvalue weighted by Gasteiger charge is 2.33. The van der Waals surface area contributed by atoms with Gasteiger partial charge in [-0.25, -0.2) is 12.7 Å². The average molecular weight is 536 g/mol. The highest BCUT2D eigenvalue weighted by molar-refractivity contribution is 7.99. The molecule has 178 valence electrons. The Bertz CT molecular complexity index is 1270. The van der Waals surface area contributed by atoms with Crippen molar-refractivity contribution >= 4 is 56.6 Å². The summed E-state index contributed by atoms with van der Waals surface area (Å²) in [4.78, 5) is 15.1. The number of benzene rings is 3. The third kappa shape index (κ3) is 6.34. The van der Waals surface area contributed by atoms with E-state index < -0.39 is 15.9 Å². The summed E-state index contributed by atoms with van der Waals surface area (Å²) in [6.45, 7) is 0.533. The lowest BCUT2D eigenvalue weighted by molar-refractivity contribution is -0.120. The first-order chi connectivity index (χ1) is 16.3. The molecule has 34 heavy (non-hydrogen) atoms. The lowest BCUT2D eigenvalue weighted by atomic mass is 9.99. The zero-order chi connectivity index (χ0) is 24.1. The van der Waals surface area contributed by atoms with Gasteiger partial charge in [-0.1, -0.05) is 71.4 Å². The van der Waals surface area contributed by atoms with Crippen molar-refractivity contribution in [3.8, 4) is 0 Å². The molecular weight excluding hydrogens is 511 g/mol. The fraction of sp³-hybridized carbons (Fsp3) is 0.240. The standard InChI is InChI=1S/C25H24Cl2N2O3S2/c26-20-13-12-19(22(27)15-20)17-34(31,32)29-14-6-7-18(16-29)25(30)28-23-10-4-5-11-24(23)33-21-8-2-1-3-9-21/h1-5,8-13,15,18H,6-7,14,16-17H2,(H,28,30)/t18-/m1/s1. The molecule has 0 aliphatic carbocycles. The Hall–Kier alpha value is -2.03. The predicted molar refractivity (Wildman–Crippen MR) is 139 cm³/mol. The first-order valence-electron chi connectivity index (χ1n) is 10.9. The normalized spacial score (nSPS) is 16.8. The van der Waals surface area contributed by atoms with Gasteiger partial charge < -0.3 is 5.32 Å². The second-order valence-electron chi connectivity index (χ2n) is 8.09. The molecule has 9 heteroatoms. The van der Waals surface area contributed by atoms with Gasteiger partial charge in [-0.05, 0) is 54.8 Å². The van der Waals surface area contributed by atoms with Gasteiger partial charge in [0.1, 0.15) is 0 Å². The highest BCUT2D eigenvalue weighted by atomic mass is 35.5. The molecule has 1 heterocycles. The van der Waals surface area contributed by atoms with E-state index in [0.717, 1.165) is 9.79 Å². The van der Waals surface area contributed by atoms with Crippen LogP contribution in [-0.2, 0) is 20.6 Å². The number of sulfonamides is 1. The topological polar surface area (TPSA) is 66.5 Å². The number of para-hydroxylation sites is 1. The molecule has 1 aliphatic rings. The van der Waals surface area contributed by atoms with Gasteiger partial charge >= 0.3 is 0 Å². The van der Waals surface area contributed by atoms with Crippen molar-refractivity contribution in [2.45, 2.75) is 28.4 Å². The van der Waals surface area contributed by atoms with Crippen LogP contribution in [-0.4, -0.2) is 31.7 Å². The molecule has 1 amide bonds. The quantitative estimate of drug-likeness (QED) is 0.384. The van der Waals surface area contributed by atoms with Crippen molar-refractivity contribution in [2.24, 2.45) is 5.92 Å². The Kier molecular flexibility index (Phi) is 8.22. The molecule has 0 aromatic heterocycles. The molecule has 1 fully saturated rings. The smallest absolute Gasteiger partial charge is 0.228 e. The van der Waals surface area contributed by atoms with Gasteiger partial charge in [0.2, 0.25) is 15.9 Å².